The van der Waals surface area contributed by atoms with Crippen LogP contribution in [0.4, 0.5) is 5.69 Å². The van der Waals surface area contributed by atoms with Gasteiger partial charge in [-0.2, -0.15) is 0 Å². The Labute approximate surface area is 134 Å². The van der Waals surface area contributed by atoms with Gasteiger partial charge in [0.2, 0.25) is 14.2 Å². The second-order valence-corrected chi connectivity index (χ2v) is 8.70. The molecule has 3 rings (SSSR count). The van der Waals surface area contributed by atoms with E-state index in [2.05, 4.69) is 20.9 Å². The van der Waals surface area contributed by atoms with Crippen LogP contribution in [0, 0.1) is 0 Å². The van der Waals surface area contributed by atoms with Crippen molar-refractivity contribution in [3.05, 3.63) is 52.5 Å². The van der Waals surface area contributed by atoms with Gasteiger partial charge in [0, 0.05) is 10.2 Å². The number of halogens is 1. The third-order valence-corrected chi connectivity index (χ3v) is 6.62. The van der Waals surface area contributed by atoms with E-state index in [1.54, 1.807) is 30.3 Å². The molecule has 1 heterocycles. The van der Waals surface area contributed by atoms with E-state index in [-0.39, 0.29) is 10.1 Å². The highest BCUT2D eigenvalue weighted by Gasteiger charge is 2.20. The first-order chi connectivity index (χ1) is 9.94. The minimum atomic E-state index is -3.45. The maximum absolute atomic E-state index is 12.4. The molecule has 1 aromatic heterocycles. The largest absolute Gasteiger partial charge is 0.399 e. The molecule has 0 aliphatic rings. The number of fused-ring (bicyclic) bond motifs is 1. The molecule has 0 saturated heterocycles. The van der Waals surface area contributed by atoms with Gasteiger partial charge in [-0.15, -0.1) is 11.3 Å². The van der Waals surface area contributed by atoms with Crippen molar-refractivity contribution in [2.75, 3.05) is 5.73 Å². The maximum atomic E-state index is 12.4. The van der Waals surface area contributed by atoms with Crippen LogP contribution < -0.4 is 5.73 Å². The third kappa shape index (κ3) is 3.09. The molecular formula is C14H11BrN2O2S2. The summed E-state index contributed by atoms with van der Waals surface area (Å²) < 4.78 is 26.7. The number of thiazole rings is 1. The quantitative estimate of drug-likeness (QED) is 0.702. The number of sulfone groups is 1. The summed E-state index contributed by atoms with van der Waals surface area (Å²) in [7, 11) is -3.45. The zero-order chi connectivity index (χ0) is 15.0. The van der Waals surface area contributed by atoms with Gasteiger partial charge < -0.3 is 5.73 Å². The number of anilines is 1. The third-order valence-electron chi connectivity index (χ3n) is 2.93. The SMILES string of the molecule is Nc1ccc2nc(S(=O)(=O)Cc3ccc(Br)cc3)sc2c1. The van der Waals surface area contributed by atoms with Gasteiger partial charge in [0.05, 0.1) is 16.0 Å². The van der Waals surface area contributed by atoms with Crippen LogP contribution in [0.25, 0.3) is 10.2 Å². The molecule has 0 spiro atoms. The molecule has 0 amide bonds. The predicted molar refractivity (Wildman–Crippen MR) is 89.1 cm³/mol. The summed E-state index contributed by atoms with van der Waals surface area (Å²) in [6.07, 6.45) is 0. The molecule has 2 aromatic carbocycles. The van der Waals surface area contributed by atoms with Crippen molar-refractivity contribution < 1.29 is 8.42 Å². The van der Waals surface area contributed by atoms with Gasteiger partial charge in [0.1, 0.15) is 0 Å². The normalized spacial score (nSPS) is 11.9. The molecule has 0 aliphatic carbocycles. The van der Waals surface area contributed by atoms with E-state index < -0.39 is 9.84 Å². The number of nitrogens with zero attached hydrogens (tertiary/aromatic N) is 1. The van der Waals surface area contributed by atoms with Crippen LogP contribution in [0.5, 0.6) is 0 Å². The zero-order valence-corrected chi connectivity index (χ0v) is 14.0. The Morgan fingerprint density at radius 3 is 2.57 bits per heavy atom. The molecule has 3 aromatic rings. The lowest BCUT2D eigenvalue weighted by atomic mass is 10.2. The van der Waals surface area contributed by atoms with E-state index in [1.807, 2.05) is 12.1 Å². The topological polar surface area (TPSA) is 73.0 Å². The lowest BCUT2D eigenvalue weighted by molar-refractivity contribution is 0.594. The van der Waals surface area contributed by atoms with Gasteiger partial charge in [-0.05, 0) is 35.9 Å². The van der Waals surface area contributed by atoms with Crippen molar-refractivity contribution >= 4 is 53.0 Å². The van der Waals surface area contributed by atoms with Gasteiger partial charge >= 0.3 is 0 Å². The number of hydrogen-bond acceptors (Lipinski definition) is 5. The molecule has 0 radical (unpaired) electrons. The first kappa shape index (κ1) is 14.5. The minimum Gasteiger partial charge on any atom is -0.399 e. The van der Waals surface area contributed by atoms with Crippen LogP contribution in [0.2, 0.25) is 0 Å². The average molecular weight is 383 g/mol. The average Bonchev–Trinajstić information content (AvgIpc) is 2.85. The van der Waals surface area contributed by atoms with Gasteiger partial charge in [0.15, 0.2) is 0 Å². The molecule has 2 N–H and O–H groups in total. The van der Waals surface area contributed by atoms with Gasteiger partial charge in [0.25, 0.3) is 0 Å². The highest BCUT2D eigenvalue weighted by Crippen LogP contribution is 2.29. The minimum absolute atomic E-state index is 0.0599. The lowest BCUT2D eigenvalue weighted by Gasteiger charge is -2.01. The van der Waals surface area contributed by atoms with Crippen LogP contribution in [-0.2, 0) is 15.6 Å². The van der Waals surface area contributed by atoms with Crippen molar-refractivity contribution in [1.82, 2.24) is 4.98 Å². The number of rotatable bonds is 3. The van der Waals surface area contributed by atoms with Crippen molar-refractivity contribution in [2.24, 2.45) is 0 Å². The monoisotopic (exact) mass is 382 g/mol. The first-order valence-corrected chi connectivity index (χ1v) is 9.33. The number of benzene rings is 2. The van der Waals surface area contributed by atoms with Gasteiger partial charge in [-0.1, -0.05) is 28.1 Å². The Kier molecular flexibility index (Phi) is 3.73. The summed E-state index contributed by atoms with van der Waals surface area (Å²) in [5.41, 5.74) is 7.69. The molecular weight excluding hydrogens is 372 g/mol. The molecule has 7 heteroatoms. The van der Waals surface area contributed by atoms with Gasteiger partial charge in [-0.25, -0.2) is 13.4 Å². The first-order valence-electron chi connectivity index (χ1n) is 6.07. The predicted octanol–water partition coefficient (Wildman–Crippen LogP) is 3.61. The summed E-state index contributed by atoms with van der Waals surface area (Å²) in [6, 6.07) is 12.4. The number of aromatic nitrogens is 1. The molecule has 4 nitrogen and oxygen atoms in total. The van der Waals surface area contributed by atoms with Crippen LogP contribution >= 0.6 is 27.3 Å². The highest BCUT2D eigenvalue weighted by molar-refractivity contribution is 9.10. The fourth-order valence-corrected chi connectivity index (χ4v) is 4.87. The fraction of sp³-hybridized carbons (Fsp3) is 0.0714. The number of hydrogen-bond donors (Lipinski definition) is 1. The summed E-state index contributed by atoms with van der Waals surface area (Å²) in [5.74, 6) is -0.0599. The van der Waals surface area contributed by atoms with Crippen molar-refractivity contribution in [1.29, 1.82) is 0 Å². The van der Waals surface area contributed by atoms with Crippen LogP contribution in [0.15, 0.2) is 51.3 Å². The molecule has 0 bridgehead atoms. The van der Waals surface area contributed by atoms with Crippen LogP contribution in [0.3, 0.4) is 0 Å². The summed E-state index contributed by atoms with van der Waals surface area (Å²) in [5, 5.41) is 0. The Hall–Kier alpha value is -1.44. The molecule has 0 unspecified atom stereocenters. The van der Waals surface area contributed by atoms with Crippen LogP contribution in [-0.4, -0.2) is 13.4 Å². The number of nitrogens with two attached hydrogens (primary N) is 1. The van der Waals surface area contributed by atoms with E-state index in [9.17, 15) is 8.42 Å². The van der Waals surface area contributed by atoms with E-state index in [0.717, 1.165) is 26.1 Å². The second kappa shape index (κ2) is 5.40. The van der Waals surface area contributed by atoms with Crippen LogP contribution in [0.1, 0.15) is 5.56 Å². The lowest BCUT2D eigenvalue weighted by Crippen LogP contribution is -2.04. The Morgan fingerprint density at radius 2 is 1.86 bits per heavy atom. The highest BCUT2D eigenvalue weighted by atomic mass is 79.9. The van der Waals surface area contributed by atoms with Crippen molar-refractivity contribution in [3.8, 4) is 0 Å². The molecule has 108 valence electrons. The maximum Gasteiger partial charge on any atom is 0.210 e. The second-order valence-electron chi connectivity index (χ2n) is 4.59. The molecule has 0 aliphatic heterocycles. The van der Waals surface area contributed by atoms with E-state index in [1.165, 1.54) is 0 Å². The number of nitrogen functional groups attached to an aromatic ring is 1. The molecule has 0 saturated carbocycles. The Morgan fingerprint density at radius 1 is 1.14 bits per heavy atom. The Balaban J connectivity index is 1.97. The molecule has 0 atom stereocenters. The summed E-state index contributed by atoms with van der Waals surface area (Å²) in [6.45, 7) is 0. The summed E-state index contributed by atoms with van der Waals surface area (Å²) in [4.78, 5) is 4.20. The van der Waals surface area contributed by atoms with E-state index >= 15 is 0 Å². The molecule has 0 fully saturated rings. The fourth-order valence-electron chi connectivity index (χ4n) is 1.91. The van der Waals surface area contributed by atoms with Crippen molar-refractivity contribution in [3.63, 3.8) is 0 Å². The standard InChI is InChI=1S/C14H11BrN2O2S2/c15-10-3-1-9(2-4-10)8-21(18,19)14-17-12-6-5-11(16)7-13(12)20-14/h1-7H,8,16H2. The summed E-state index contributed by atoms with van der Waals surface area (Å²) >= 11 is 4.48. The molecule has 21 heavy (non-hydrogen) atoms. The zero-order valence-electron chi connectivity index (χ0n) is 10.8. The van der Waals surface area contributed by atoms with E-state index in [0.29, 0.717) is 11.2 Å². The van der Waals surface area contributed by atoms with Gasteiger partial charge in [-0.3, -0.25) is 0 Å². The smallest absolute Gasteiger partial charge is 0.210 e. The Bertz CT molecular complexity index is 902. The van der Waals surface area contributed by atoms with E-state index in [4.69, 9.17) is 5.73 Å². The van der Waals surface area contributed by atoms with Crippen molar-refractivity contribution in [2.45, 2.75) is 10.1 Å².